The van der Waals surface area contributed by atoms with Crippen LogP contribution in [0.25, 0.3) is 0 Å². The van der Waals surface area contributed by atoms with Crippen LogP contribution in [-0.2, 0) is 0 Å². The summed E-state index contributed by atoms with van der Waals surface area (Å²) in [6.45, 7) is 2.73. The fourth-order valence-electron chi connectivity index (χ4n) is 2.57. The van der Waals surface area contributed by atoms with Gasteiger partial charge in [0, 0.05) is 0 Å². The van der Waals surface area contributed by atoms with E-state index >= 15 is 0 Å². The Morgan fingerprint density at radius 3 is 2.72 bits per heavy atom. The standard InChI is InChI=1S/C13H15ClFNO2/c14-11-12(15)9(8-1-3-16-4-2-8)7-10-13(11)18-6-5-17-10/h7-8,16H,1-6H2. The molecule has 0 aliphatic carbocycles. The van der Waals surface area contributed by atoms with Crippen LogP contribution < -0.4 is 14.8 Å². The van der Waals surface area contributed by atoms with Crippen LogP contribution >= 0.6 is 11.6 Å². The second-order valence-corrected chi connectivity index (χ2v) is 5.02. The van der Waals surface area contributed by atoms with E-state index in [2.05, 4.69) is 5.32 Å². The molecule has 2 aliphatic heterocycles. The van der Waals surface area contributed by atoms with Crippen LogP contribution in [0.4, 0.5) is 4.39 Å². The molecule has 1 N–H and O–H groups in total. The van der Waals surface area contributed by atoms with Gasteiger partial charge in [0.1, 0.15) is 24.1 Å². The Hall–Kier alpha value is -1.00. The van der Waals surface area contributed by atoms with E-state index in [-0.39, 0.29) is 16.8 Å². The van der Waals surface area contributed by atoms with Crippen molar-refractivity contribution in [3.05, 3.63) is 22.5 Å². The van der Waals surface area contributed by atoms with Crippen LogP contribution in [0.1, 0.15) is 24.3 Å². The van der Waals surface area contributed by atoms with Gasteiger partial charge in [0.2, 0.25) is 0 Å². The lowest BCUT2D eigenvalue weighted by atomic mass is 9.89. The largest absolute Gasteiger partial charge is 0.486 e. The number of halogens is 2. The van der Waals surface area contributed by atoms with Crippen molar-refractivity contribution in [3.8, 4) is 11.5 Å². The molecular formula is C13H15ClFNO2. The number of rotatable bonds is 1. The molecule has 2 aliphatic rings. The lowest BCUT2D eigenvalue weighted by Gasteiger charge is -2.26. The molecule has 1 saturated heterocycles. The van der Waals surface area contributed by atoms with E-state index in [1.807, 2.05) is 0 Å². The van der Waals surface area contributed by atoms with E-state index in [0.717, 1.165) is 25.9 Å². The Morgan fingerprint density at radius 2 is 1.94 bits per heavy atom. The summed E-state index contributed by atoms with van der Waals surface area (Å²) >= 11 is 6.04. The predicted octanol–water partition coefficient (Wildman–Crippen LogP) is 2.72. The highest BCUT2D eigenvalue weighted by molar-refractivity contribution is 6.32. The molecule has 18 heavy (non-hydrogen) atoms. The van der Waals surface area contributed by atoms with Crippen molar-refractivity contribution in [1.82, 2.24) is 5.32 Å². The first-order chi connectivity index (χ1) is 8.77. The van der Waals surface area contributed by atoms with Crippen LogP contribution in [0, 0.1) is 5.82 Å². The van der Waals surface area contributed by atoms with Crippen molar-refractivity contribution in [2.45, 2.75) is 18.8 Å². The average molecular weight is 272 g/mol. The van der Waals surface area contributed by atoms with Gasteiger partial charge in [-0.05, 0) is 43.5 Å². The molecule has 1 fully saturated rings. The van der Waals surface area contributed by atoms with Gasteiger partial charge in [-0.25, -0.2) is 4.39 Å². The highest BCUT2D eigenvalue weighted by atomic mass is 35.5. The summed E-state index contributed by atoms with van der Waals surface area (Å²) in [5.74, 6) is 0.770. The fourth-order valence-corrected chi connectivity index (χ4v) is 2.83. The van der Waals surface area contributed by atoms with Crippen LogP contribution in [-0.4, -0.2) is 26.3 Å². The molecule has 2 heterocycles. The number of benzene rings is 1. The molecule has 0 aromatic heterocycles. The lowest BCUT2D eigenvalue weighted by molar-refractivity contribution is 0.170. The Labute approximate surface area is 110 Å². The molecule has 0 amide bonds. The zero-order valence-corrected chi connectivity index (χ0v) is 10.7. The van der Waals surface area contributed by atoms with Gasteiger partial charge in [0.15, 0.2) is 11.5 Å². The maximum absolute atomic E-state index is 14.3. The molecule has 0 unspecified atom stereocenters. The molecule has 3 nitrogen and oxygen atoms in total. The predicted molar refractivity (Wildman–Crippen MR) is 67.2 cm³/mol. The molecule has 1 aromatic carbocycles. The molecule has 5 heteroatoms. The third kappa shape index (κ3) is 2.04. The van der Waals surface area contributed by atoms with Crippen molar-refractivity contribution < 1.29 is 13.9 Å². The van der Waals surface area contributed by atoms with Gasteiger partial charge in [0.25, 0.3) is 0 Å². The maximum Gasteiger partial charge on any atom is 0.182 e. The zero-order chi connectivity index (χ0) is 12.5. The Kier molecular flexibility index (Phi) is 3.31. The highest BCUT2D eigenvalue weighted by Gasteiger charge is 2.26. The maximum atomic E-state index is 14.3. The Morgan fingerprint density at radius 1 is 1.22 bits per heavy atom. The first-order valence-electron chi connectivity index (χ1n) is 6.25. The summed E-state index contributed by atoms with van der Waals surface area (Å²) in [4.78, 5) is 0. The van der Waals surface area contributed by atoms with Crippen molar-refractivity contribution in [2.75, 3.05) is 26.3 Å². The van der Waals surface area contributed by atoms with Crippen LogP contribution in [0.3, 0.4) is 0 Å². The minimum Gasteiger partial charge on any atom is -0.486 e. The zero-order valence-electron chi connectivity index (χ0n) is 9.97. The SMILES string of the molecule is Fc1c(C2CCNCC2)cc2c(c1Cl)OCCO2. The van der Waals surface area contributed by atoms with E-state index < -0.39 is 0 Å². The van der Waals surface area contributed by atoms with Gasteiger partial charge < -0.3 is 14.8 Å². The van der Waals surface area contributed by atoms with Crippen molar-refractivity contribution >= 4 is 11.6 Å². The summed E-state index contributed by atoms with van der Waals surface area (Å²) in [6.07, 6.45) is 1.85. The smallest absolute Gasteiger partial charge is 0.182 e. The molecule has 0 atom stereocenters. The van der Waals surface area contributed by atoms with Crippen molar-refractivity contribution in [1.29, 1.82) is 0 Å². The summed E-state index contributed by atoms with van der Waals surface area (Å²) in [7, 11) is 0. The summed E-state index contributed by atoms with van der Waals surface area (Å²) in [6, 6.07) is 1.76. The number of fused-ring (bicyclic) bond motifs is 1. The quantitative estimate of drug-likeness (QED) is 0.852. The van der Waals surface area contributed by atoms with Crippen molar-refractivity contribution in [3.63, 3.8) is 0 Å². The monoisotopic (exact) mass is 271 g/mol. The minimum atomic E-state index is -0.354. The normalized spacial score (nSPS) is 19.9. The second-order valence-electron chi connectivity index (χ2n) is 4.64. The van der Waals surface area contributed by atoms with Gasteiger partial charge in [0.05, 0.1) is 0 Å². The molecule has 3 rings (SSSR count). The van der Waals surface area contributed by atoms with Crippen LogP contribution in [0.2, 0.25) is 5.02 Å². The average Bonchev–Trinajstić information content (AvgIpc) is 2.44. The fraction of sp³-hybridized carbons (Fsp3) is 0.538. The van der Waals surface area contributed by atoms with E-state index in [9.17, 15) is 4.39 Å². The van der Waals surface area contributed by atoms with E-state index in [1.165, 1.54) is 0 Å². The molecule has 0 radical (unpaired) electrons. The van der Waals surface area contributed by atoms with Crippen LogP contribution in [0.15, 0.2) is 6.07 Å². The topological polar surface area (TPSA) is 30.5 Å². The molecule has 1 aromatic rings. The Balaban J connectivity index is 2.01. The lowest BCUT2D eigenvalue weighted by Crippen LogP contribution is -2.27. The highest BCUT2D eigenvalue weighted by Crippen LogP contribution is 2.43. The summed E-state index contributed by atoms with van der Waals surface area (Å²) in [5, 5.41) is 3.33. The van der Waals surface area contributed by atoms with Gasteiger partial charge in [-0.3, -0.25) is 0 Å². The molecule has 0 saturated carbocycles. The number of piperidine rings is 1. The van der Waals surface area contributed by atoms with E-state index in [4.69, 9.17) is 21.1 Å². The minimum absolute atomic E-state index is 0.0562. The third-order valence-corrected chi connectivity index (χ3v) is 3.86. The van der Waals surface area contributed by atoms with E-state index in [1.54, 1.807) is 6.07 Å². The molecule has 98 valence electrons. The van der Waals surface area contributed by atoms with Gasteiger partial charge in [-0.2, -0.15) is 0 Å². The van der Waals surface area contributed by atoms with Gasteiger partial charge >= 0.3 is 0 Å². The van der Waals surface area contributed by atoms with Crippen LogP contribution in [0.5, 0.6) is 11.5 Å². The second kappa shape index (κ2) is 4.94. The summed E-state index contributed by atoms with van der Waals surface area (Å²) in [5.41, 5.74) is 0.658. The Bertz CT molecular complexity index is 461. The van der Waals surface area contributed by atoms with E-state index in [0.29, 0.717) is 30.3 Å². The first kappa shape index (κ1) is 12.1. The molecule has 0 spiro atoms. The van der Waals surface area contributed by atoms with Gasteiger partial charge in [-0.1, -0.05) is 11.6 Å². The number of hydrogen-bond donors (Lipinski definition) is 1. The molecular weight excluding hydrogens is 257 g/mol. The summed E-state index contributed by atoms with van der Waals surface area (Å²) < 4.78 is 25.2. The molecule has 0 bridgehead atoms. The first-order valence-corrected chi connectivity index (χ1v) is 6.63. The number of ether oxygens (including phenoxy) is 2. The number of hydrogen-bond acceptors (Lipinski definition) is 3. The number of nitrogens with one attached hydrogen (secondary N) is 1. The third-order valence-electron chi connectivity index (χ3n) is 3.52. The van der Waals surface area contributed by atoms with Crippen molar-refractivity contribution in [2.24, 2.45) is 0 Å². The van der Waals surface area contributed by atoms with Gasteiger partial charge in [-0.15, -0.1) is 0 Å².